The van der Waals surface area contributed by atoms with E-state index < -0.39 is 0 Å². The first-order valence-electron chi connectivity index (χ1n) is 9.57. The van der Waals surface area contributed by atoms with E-state index in [2.05, 4.69) is 5.32 Å². The fourth-order valence-corrected chi connectivity index (χ4v) is 3.92. The lowest BCUT2D eigenvalue weighted by Gasteiger charge is -2.18. The average molecular weight is 383 g/mol. The fraction of sp³-hybridized carbons (Fsp3) is 0.364. The van der Waals surface area contributed by atoms with E-state index in [0.29, 0.717) is 22.2 Å². The highest BCUT2D eigenvalue weighted by Crippen LogP contribution is 2.43. The summed E-state index contributed by atoms with van der Waals surface area (Å²) >= 11 is 5.99. The van der Waals surface area contributed by atoms with Gasteiger partial charge in [-0.25, -0.2) is 0 Å². The number of hydrogen-bond donors (Lipinski definition) is 1. The number of nitrogens with zero attached hydrogens (tertiary/aromatic N) is 1. The summed E-state index contributed by atoms with van der Waals surface area (Å²) in [6.07, 6.45) is 4.25. The quantitative estimate of drug-likeness (QED) is 0.814. The van der Waals surface area contributed by atoms with Crippen molar-refractivity contribution in [2.75, 3.05) is 18.4 Å². The summed E-state index contributed by atoms with van der Waals surface area (Å²) in [6, 6.07) is 14.8. The summed E-state index contributed by atoms with van der Waals surface area (Å²) in [5.41, 5.74) is 2.29. The summed E-state index contributed by atoms with van der Waals surface area (Å²) in [6.45, 7) is 1.63. The normalized spacial score (nSPS) is 17.6. The third kappa shape index (κ3) is 4.16. The van der Waals surface area contributed by atoms with Crippen LogP contribution in [0.4, 0.5) is 5.69 Å². The van der Waals surface area contributed by atoms with E-state index in [1.807, 2.05) is 47.4 Å². The molecule has 1 heterocycles. The van der Waals surface area contributed by atoms with Crippen LogP contribution in [-0.4, -0.2) is 29.8 Å². The highest BCUT2D eigenvalue weighted by Gasteiger charge is 2.37. The van der Waals surface area contributed by atoms with Crippen molar-refractivity contribution < 1.29 is 9.59 Å². The smallest absolute Gasteiger partial charge is 0.253 e. The predicted octanol–water partition coefficient (Wildman–Crippen LogP) is 4.71. The molecule has 140 valence electrons. The summed E-state index contributed by atoms with van der Waals surface area (Å²) in [5.74, 6) is 0.214. The second-order valence-electron chi connectivity index (χ2n) is 7.44. The molecule has 2 aromatic rings. The van der Waals surface area contributed by atoms with Gasteiger partial charge in [0.25, 0.3) is 5.91 Å². The first kappa shape index (κ1) is 18.1. The number of carbonyl (C=O) groups is 2. The zero-order valence-corrected chi connectivity index (χ0v) is 15.9. The van der Waals surface area contributed by atoms with Crippen molar-refractivity contribution >= 4 is 29.1 Å². The Bertz CT molecular complexity index is 840. The molecule has 2 fully saturated rings. The van der Waals surface area contributed by atoms with Crippen LogP contribution in [0.3, 0.4) is 0 Å². The lowest BCUT2D eigenvalue weighted by molar-refractivity contribution is -0.118. The molecule has 1 aliphatic carbocycles. The fourth-order valence-electron chi connectivity index (χ4n) is 3.79. The van der Waals surface area contributed by atoms with E-state index >= 15 is 0 Å². The van der Waals surface area contributed by atoms with Gasteiger partial charge in [0.15, 0.2) is 0 Å². The predicted molar refractivity (Wildman–Crippen MR) is 107 cm³/mol. The highest BCUT2D eigenvalue weighted by atomic mass is 35.5. The molecular formula is C22H23ClN2O2. The Kier molecular flexibility index (Phi) is 5.17. The number of rotatable bonds is 5. The molecule has 5 heteroatoms. The van der Waals surface area contributed by atoms with Crippen molar-refractivity contribution in [3.05, 3.63) is 64.7 Å². The van der Waals surface area contributed by atoms with E-state index in [4.69, 9.17) is 11.6 Å². The minimum absolute atomic E-state index is 0.0226. The van der Waals surface area contributed by atoms with Crippen LogP contribution < -0.4 is 5.32 Å². The third-order valence-corrected chi connectivity index (χ3v) is 5.63. The van der Waals surface area contributed by atoms with E-state index in [9.17, 15) is 9.59 Å². The molecule has 2 amide bonds. The van der Waals surface area contributed by atoms with Gasteiger partial charge in [0, 0.05) is 29.4 Å². The first-order chi connectivity index (χ1) is 13.1. The molecule has 1 unspecified atom stereocenters. The zero-order valence-electron chi connectivity index (χ0n) is 15.2. The van der Waals surface area contributed by atoms with Gasteiger partial charge in [-0.2, -0.15) is 0 Å². The average Bonchev–Trinajstić information content (AvgIpc) is 3.34. The third-order valence-electron chi connectivity index (χ3n) is 5.38. The molecule has 2 aromatic carbocycles. The topological polar surface area (TPSA) is 49.4 Å². The van der Waals surface area contributed by atoms with Crippen LogP contribution in [0.2, 0.25) is 5.02 Å². The van der Waals surface area contributed by atoms with Crippen LogP contribution in [-0.2, 0) is 4.79 Å². The first-order valence-corrected chi connectivity index (χ1v) is 9.95. The van der Waals surface area contributed by atoms with Gasteiger partial charge in [-0.1, -0.05) is 29.8 Å². The van der Waals surface area contributed by atoms with Gasteiger partial charge in [-0.15, -0.1) is 0 Å². The number of likely N-dealkylation sites (tertiary alicyclic amines) is 1. The number of hydrogen-bond acceptors (Lipinski definition) is 2. The minimum Gasteiger partial charge on any atom is -0.339 e. The van der Waals surface area contributed by atoms with Crippen LogP contribution in [0.15, 0.2) is 48.5 Å². The highest BCUT2D eigenvalue weighted by molar-refractivity contribution is 6.30. The second-order valence-corrected chi connectivity index (χ2v) is 7.87. The maximum atomic E-state index is 13.0. The summed E-state index contributed by atoms with van der Waals surface area (Å²) in [7, 11) is 0. The van der Waals surface area contributed by atoms with Crippen molar-refractivity contribution in [3.63, 3.8) is 0 Å². The lowest BCUT2D eigenvalue weighted by atomic mass is 9.93. The Morgan fingerprint density at radius 3 is 2.41 bits per heavy atom. The van der Waals surface area contributed by atoms with E-state index in [-0.39, 0.29) is 17.7 Å². The Hall–Kier alpha value is -2.33. The minimum atomic E-state index is -0.180. The number of nitrogens with one attached hydrogen (secondary N) is 1. The summed E-state index contributed by atoms with van der Waals surface area (Å²) in [4.78, 5) is 27.4. The number of amides is 2. The number of anilines is 1. The molecule has 1 aliphatic heterocycles. The van der Waals surface area contributed by atoms with Crippen LogP contribution in [0, 0.1) is 5.92 Å². The van der Waals surface area contributed by atoms with Gasteiger partial charge < -0.3 is 10.2 Å². The monoisotopic (exact) mass is 382 g/mol. The maximum absolute atomic E-state index is 13.0. The number of benzene rings is 2. The van der Waals surface area contributed by atoms with Gasteiger partial charge in [0.1, 0.15) is 0 Å². The Morgan fingerprint density at radius 1 is 1.04 bits per heavy atom. The van der Waals surface area contributed by atoms with Crippen molar-refractivity contribution in [1.29, 1.82) is 0 Å². The van der Waals surface area contributed by atoms with Gasteiger partial charge in [-0.05, 0) is 67.5 Å². The Labute approximate surface area is 164 Å². The molecule has 0 radical (unpaired) electrons. The summed E-state index contributed by atoms with van der Waals surface area (Å²) in [5, 5.41) is 3.69. The molecule has 1 saturated carbocycles. The maximum Gasteiger partial charge on any atom is 0.253 e. The largest absolute Gasteiger partial charge is 0.339 e. The molecule has 27 heavy (non-hydrogen) atoms. The van der Waals surface area contributed by atoms with E-state index in [1.165, 1.54) is 0 Å². The molecule has 1 atom stereocenters. The molecule has 1 saturated heterocycles. The van der Waals surface area contributed by atoms with Crippen molar-refractivity contribution in [2.45, 2.75) is 31.6 Å². The van der Waals surface area contributed by atoms with Crippen molar-refractivity contribution in [2.24, 2.45) is 5.92 Å². The van der Waals surface area contributed by atoms with E-state index in [0.717, 1.165) is 44.3 Å². The molecule has 0 aromatic heterocycles. The standard InChI is InChI=1S/C22H23ClN2O2/c23-18-10-8-16(9-11-18)20(15-6-7-15)21(26)24-19-5-3-4-17(14-19)22(27)25-12-1-2-13-25/h3-5,8-11,14-15,20H,1-2,6-7,12-13H2,(H,24,26). The number of carbonyl (C=O) groups excluding carboxylic acids is 2. The molecule has 1 N–H and O–H groups in total. The van der Waals surface area contributed by atoms with Gasteiger partial charge in [0.2, 0.25) is 5.91 Å². The molecule has 4 nitrogen and oxygen atoms in total. The van der Waals surface area contributed by atoms with E-state index in [1.54, 1.807) is 6.07 Å². The lowest BCUT2D eigenvalue weighted by Crippen LogP contribution is -2.28. The summed E-state index contributed by atoms with van der Waals surface area (Å²) < 4.78 is 0. The van der Waals surface area contributed by atoms with Gasteiger partial charge in [-0.3, -0.25) is 9.59 Å². The van der Waals surface area contributed by atoms with Crippen molar-refractivity contribution in [3.8, 4) is 0 Å². The molecule has 0 bridgehead atoms. The van der Waals surface area contributed by atoms with Crippen LogP contribution in [0.25, 0.3) is 0 Å². The van der Waals surface area contributed by atoms with Crippen LogP contribution in [0.5, 0.6) is 0 Å². The second kappa shape index (κ2) is 7.73. The van der Waals surface area contributed by atoms with Gasteiger partial charge >= 0.3 is 0 Å². The molecule has 2 aliphatic rings. The van der Waals surface area contributed by atoms with Crippen LogP contribution in [0.1, 0.15) is 47.5 Å². The molecular weight excluding hydrogens is 360 g/mol. The Balaban J connectivity index is 1.50. The molecule has 0 spiro atoms. The Morgan fingerprint density at radius 2 is 1.74 bits per heavy atom. The van der Waals surface area contributed by atoms with Crippen molar-refractivity contribution in [1.82, 2.24) is 4.90 Å². The number of halogens is 1. The van der Waals surface area contributed by atoms with Crippen LogP contribution >= 0.6 is 11.6 Å². The zero-order chi connectivity index (χ0) is 18.8. The molecule has 4 rings (SSSR count). The van der Waals surface area contributed by atoms with Gasteiger partial charge in [0.05, 0.1) is 5.92 Å². The SMILES string of the molecule is O=C(Nc1cccc(C(=O)N2CCCC2)c1)C(c1ccc(Cl)cc1)C1CC1.